The minimum Gasteiger partial charge on any atom is -0.335 e. The minimum atomic E-state index is -0.208. The van der Waals surface area contributed by atoms with Crippen LogP contribution in [-0.2, 0) is 13.0 Å². The molecule has 1 atom stereocenters. The number of nitrogens with zero attached hydrogens (tertiary/aromatic N) is 4. The third kappa shape index (κ3) is 4.35. The van der Waals surface area contributed by atoms with Crippen molar-refractivity contribution < 1.29 is 4.79 Å². The summed E-state index contributed by atoms with van der Waals surface area (Å²) in [6, 6.07) is 23.3. The van der Waals surface area contributed by atoms with Crippen LogP contribution in [-0.4, -0.2) is 31.3 Å². The maximum absolute atomic E-state index is 14.0. The minimum absolute atomic E-state index is 0.00364. The van der Waals surface area contributed by atoms with Gasteiger partial charge in [-0.05, 0) is 61.6 Å². The highest BCUT2D eigenvalue weighted by atomic mass is 16.2. The third-order valence-electron chi connectivity index (χ3n) is 7.98. The fraction of sp³-hybridized carbons (Fsp3) is 0.355. The lowest BCUT2D eigenvalue weighted by atomic mass is 9.95. The largest absolute Gasteiger partial charge is 0.335 e. The molecule has 1 saturated carbocycles. The van der Waals surface area contributed by atoms with E-state index in [9.17, 15) is 4.79 Å². The van der Waals surface area contributed by atoms with Crippen LogP contribution in [0.3, 0.4) is 0 Å². The van der Waals surface area contributed by atoms with Crippen molar-refractivity contribution in [3.63, 3.8) is 0 Å². The third-order valence-corrected chi connectivity index (χ3v) is 7.98. The van der Waals surface area contributed by atoms with E-state index in [1.807, 2.05) is 27.8 Å². The van der Waals surface area contributed by atoms with E-state index in [-0.39, 0.29) is 18.1 Å². The normalized spacial score (nSPS) is 17.7. The van der Waals surface area contributed by atoms with Gasteiger partial charge in [-0.3, -0.25) is 0 Å². The first kappa shape index (κ1) is 23.6. The molecule has 1 aliphatic heterocycles. The summed E-state index contributed by atoms with van der Waals surface area (Å²) in [5.41, 5.74) is 6.51. The molecule has 3 heterocycles. The number of carbonyl (C=O) groups excluding carboxylic acids is 1. The van der Waals surface area contributed by atoms with Crippen LogP contribution in [0.15, 0.2) is 72.9 Å². The van der Waals surface area contributed by atoms with Crippen LogP contribution >= 0.6 is 0 Å². The Morgan fingerprint density at radius 3 is 2.46 bits per heavy atom. The summed E-state index contributed by atoms with van der Waals surface area (Å²) in [7, 11) is 0. The summed E-state index contributed by atoms with van der Waals surface area (Å²) in [6.07, 6.45) is 8.84. The summed E-state index contributed by atoms with van der Waals surface area (Å²) in [4.78, 5) is 16.1. The number of aromatic nitrogens is 3. The monoisotopic (exact) mass is 493 g/mol. The zero-order chi connectivity index (χ0) is 25.4. The molecule has 2 aromatic heterocycles. The molecule has 1 N–H and O–H groups in total. The van der Waals surface area contributed by atoms with Crippen LogP contribution in [0.1, 0.15) is 73.1 Å². The van der Waals surface area contributed by atoms with Crippen molar-refractivity contribution in [3.05, 3.63) is 101 Å². The average Bonchev–Trinajstić information content (AvgIpc) is 3.50. The molecule has 2 aliphatic rings. The second kappa shape index (κ2) is 9.92. The van der Waals surface area contributed by atoms with E-state index in [2.05, 4.69) is 78.5 Å². The van der Waals surface area contributed by atoms with Crippen LogP contribution in [0.5, 0.6) is 0 Å². The van der Waals surface area contributed by atoms with E-state index in [4.69, 9.17) is 5.10 Å². The Bertz CT molecular complexity index is 1380. The summed E-state index contributed by atoms with van der Waals surface area (Å²) in [5, 5.41) is 8.35. The molecule has 37 heavy (non-hydrogen) atoms. The van der Waals surface area contributed by atoms with E-state index < -0.39 is 0 Å². The lowest BCUT2D eigenvalue weighted by Gasteiger charge is -2.33. The maximum atomic E-state index is 14.0. The molecule has 6 rings (SSSR count). The van der Waals surface area contributed by atoms with E-state index in [1.165, 1.54) is 24.8 Å². The SMILES string of the molecule is CCc1ccc([C@H]2c3cccn3-c3c(c(C)nn3-c3ccccc3)CN2C(=O)NC2CCCCC2)cc1. The zero-order valence-electron chi connectivity index (χ0n) is 21.7. The second-order valence-electron chi connectivity index (χ2n) is 10.3. The number of para-hydroxylation sites is 1. The van der Waals surface area contributed by atoms with Gasteiger partial charge in [-0.1, -0.05) is 68.7 Å². The second-order valence-corrected chi connectivity index (χ2v) is 10.3. The van der Waals surface area contributed by atoms with E-state index in [1.54, 1.807) is 0 Å². The number of fused-ring (bicyclic) bond motifs is 3. The molecule has 0 radical (unpaired) electrons. The fourth-order valence-electron chi connectivity index (χ4n) is 5.94. The highest BCUT2D eigenvalue weighted by Gasteiger charge is 2.36. The fourth-order valence-corrected chi connectivity index (χ4v) is 5.94. The number of benzene rings is 2. The molecule has 1 aliphatic carbocycles. The maximum Gasteiger partial charge on any atom is 0.318 e. The van der Waals surface area contributed by atoms with E-state index in [0.29, 0.717) is 6.54 Å². The molecule has 2 aromatic carbocycles. The van der Waals surface area contributed by atoms with Gasteiger partial charge in [0.1, 0.15) is 5.82 Å². The molecule has 6 heteroatoms. The standard InChI is InChI=1S/C31H35N5O/c1-3-23-16-18-24(19-17-23)29-28-15-10-20-34(28)30-27(22(2)33-36(30)26-13-8-5-9-14-26)21-35(29)31(37)32-25-11-6-4-7-12-25/h5,8-10,13-20,25,29H,3-4,6-7,11-12,21H2,1-2H3,(H,32,37)/t29-/m0/s1. The van der Waals surface area contributed by atoms with Crippen molar-refractivity contribution in [2.75, 3.05) is 0 Å². The summed E-state index contributed by atoms with van der Waals surface area (Å²) >= 11 is 0. The molecule has 4 aromatic rings. The molecular weight excluding hydrogens is 458 g/mol. The molecule has 1 fully saturated rings. The van der Waals surface area contributed by atoms with Crippen molar-refractivity contribution in [2.24, 2.45) is 0 Å². The lowest BCUT2D eigenvalue weighted by molar-refractivity contribution is 0.173. The zero-order valence-corrected chi connectivity index (χ0v) is 21.7. The Hall–Kier alpha value is -3.80. The van der Waals surface area contributed by atoms with Crippen LogP contribution in [0.2, 0.25) is 0 Å². The van der Waals surface area contributed by atoms with Gasteiger partial charge in [-0.2, -0.15) is 5.10 Å². The molecular formula is C31H35N5O. The van der Waals surface area contributed by atoms with Gasteiger partial charge in [0.2, 0.25) is 0 Å². The van der Waals surface area contributed by atoms with E-state index in [0.717, 1.165) is 53.3 Å². The van der Waals surface area contributed by atoms with E-state index >= 15 is 0 Å². The van der Waals surface area contributed by atoms with Crippen molar-refractivity contribution in [1.29, 1.82) is 0 Å². The van der Waals surface area contributed by atoms with Gasteiger partial charge in [0.05, 0.1) is 29.7 Å². The van der Waals surface area contributed by atoms with Gasteiger partial charge in [0.25, 0.3) is 0 Å². The predicted molar refractivity (Wildman–Crippen MR) is 146 cm³/mol. The topological polar surface area (TPSA) is 55.1 Å². The molecule has 0 bridgehead atoms. The first-order valence-corrected chi connectivity index (χ1v) is 13.6. The van der Waals surface area contributed by atoms with Gasteiger partial charge >= 0.3 is 6.03 Å². The number of hydrogen-bond acceptors (Lipinski definition) is 2. The first-order chi connectivity index (χ1) is 18.1. The molecule has 0 spiro atoms. The van der Waals surface area contributed by atoms with Crippen molar-refractivity contribution in [1.82, 2.24) is 24.6 Å². The lowest BCUT2D eigenvalue weighted by Crippen LogP contribution is -2.46. The highest BCUT2D eigenvalue weighted by molar-refractivity contribution is 5.76. The molecule has 0 saturated heterocycles. The highest BCUT2D eigenvalue weighted by Crippen LogP contribution is 2.38. The van der Waals surface area contributed by atoms with Gasteiger partial charge in [-0.15, -0.1) is 0 Å². The van der Waals surface area contributed by atoms with Gasteiger partial charge in [0, 0.05) is 17.8 Å². The summed E-state index contributed by atoms with van der Waals surface area (Å²) in [6.45, 7) is 4.72. The number of nitrogens with one attached hydrogen (secondary N) is 1. The quantitative estimate of drug-likeness (QED) is 0.354. The Kier molecular flexibility index (Phi) is 6.33. The van der Waals surface area contributed by atoms with Gasteiger partial charge in [0.15, 0.2) is 0 Å². The van der Waals surface area contributed by atoms with Gasteiger partial charge in [-0.25, -0.2) is 9.48 Å². The number of aryl methyl sites for hydroxylation is 2. The van der Waals surface area contributed by atoms with Crippen molar-refractivity contribution in [2.45, 2.75) is 71.0 Å². The van der Waals surface area contributed by atoms with Crippen LogP contribution < -0.4 is 5.32 Å². The van der Waals surface area contributed by atoms with Crippen molar-refractivity contribution in [3.8, 4) is 11.5 Å². The molecule has 0 unspecified atom stereocenters. The van der Waals surface area contributed by atoms with Crippen LogP contribution in [0.4, 0.5) is 4.79 Å². The molecule has 6 nitrogen and oxygen atoms in total. The van der Waals surface area contributed by atoms with Crippen LogP contribution in [0.25, 0.3) is 11.5 Å². The van der Waals surface area contributed by atoms with Gasteiger partial charge < -0.3 is 14.8 Å². The summed E-state index contributed by atoms with van der Waals surface area (Å²) < 4.78 is 4.25. The average molecular weight is 494 g/mol. The predicted octanol–water partition coefficient (Wildman–Crippen LogP) is 6.48. The number of hydrogen-bond donors (Lipinski definition) is 1. The number of urea groups is 1. The number of carbonyl (C=O) groups is 1. The Morgan fingerprint density at radius 2 is 1.73 bits per heavy atom. The number of rotatable bonds is 4. The first-order valence-electron chi connectivity index (χ1n) is 13.6. The molecule has 190 valence electrons. The molecule has 2 amide bonds. The Morgan fingerprint density at radius 1 is 0.973 bits per heavy atom. The Balaban J connectivity index is 1.50. The van der Waals surface area contributed by atoms with Crippen molar-refractivity contribution >= 4 is 6.03 Å². The summed E-state index contributed by atoms with van der Waals surface area (Å²) in [5.74, 6) is 1.01. The van der Waals surface area contributed by atoms with Crippen LogP contribution in [0, 0.1) is 6.92 Å². The smallest absolute Gasteiger partial charge is 0.318 e. The number of amides is 2. The Labute approximate surface area is 218 Å².